The van der Waals surface area contributed by atoms with Gasteiger partial charge in [0, 0.05) is 5.92 Å². The second-order valence-corrected chi connectivity index (χ2v) is 3.91. The van der Waals surface area contributed by atoms with Gasteiger partial charge in [0.05, 0.1) is 13.7 Å². The van der Waals surface area contributed by atoms with Crippen LogP contribution in [0.1, 0.15) is 11.1 Å². The summed E-state index contributed by atoms with van der Waals surface area (Å²) in [6.45, 7) is 0.00996. The summed E-state index contributed by atoms with van der Waals surface area (Å²) < 4.78 is 5.14. The molecule has 0 aliphatic heterocycles. The fourth-order valence-electron chi connectivity index (χ4n) is 2.00. The number of hydrogen-bond acceptors (Lipinski definition) is 3. The molecule has 3 heteroatoms. The molecule has 0 spiro atoms. The fraction of sp³-hybridized carbons (Fsp3) is 0.308. The first-order valence-corrected chi connectivity index (χ1v) is 5.23. The van der Waals surface area contributed by atoms with Crippen LogP contribution in [0, 0.1) is 5.92 Å². The highest BCUT2D eigenvalue weighted by molar-refractivity contribution is 5.84. The number of fused-ring (bicyclic) bond motifs is 1. The van der Waals surface area contributed by atoms with E-state index >= 15 is 0 Å². The summed E-state index contributed by atoms with van der Waals surface area (Å²) in [7, 11) is 1.62. The Hall–Kier alpha value is -1.61. The zero-order valence-corrected chi connectivity index (χ0v) is 9.14. The quantitative estimate of drug-likeness (QED) is 0.781. The van der Waals surface area contributed by atoms with Gasteiger partial charge in [-0.25, -0.2) is 0 Å². The standard InChI is InChI=1S/C13H14O3/c1-16-13-3-2-9-4-11(7-14)12(8-15)5-10(9)6-13/h2-3,5-6,8,11,14H,4,7H2,1H3. The Morgan fingerprint density at radius 1 is 1.56 bits per heavy atom. The van der Waals surface area contributed by atoms with Crippen LogP contribution in [0.5, 0.6) is 5.75 Å². The maximum absolute atomic E-state index is 10.9. The monoisotopic (exact) mass is 218 g/mol. The Balaban J connectivity index is 2.43. The van der Waals surface area contributed by atoms with Crippen molar-refractivity contribution in [2.75, 3.05) is 13.7 Å². The van der Waals surface area contributed by atoms with E-state index in [1.165, 1.54) is 0 Å². The lowest BCUT2D eigenvalue weighted by molar-refractivity contribution is -0.105. The molecule has 0 heterocycles. The minimum atomic E-state index is -0.0709. The zero-order chi connectivity index (χ0) is 11.5. The summed E-state index contributed by atoms with van der Waals surface area (Å²) in [5.41, 5.74) is 2.81. The first-order valence-electron chi connectivity index (χ1n) is 5.23. The molecule has 3 nitrogen and oxygen atoms in total. The molecule has 1 aliphatic rings. The van der Waals surface area contributed by atoms with E-state index in [-0.39, 0.29) is 12.5 Å². The predicted octanol–water partition coefficient (Wildman–Crippen LogP) is 1.44. The normalized spacial score (nSPS) is 18.6. The summed E-state index contributed by atoms with van der Waals surface area (Å²) in [6, 6.07) is 5.79. The van der Waals surface area contributed by atoms with Crippen molar-refractivity contribution in [1.29, 1.82) is 0 Å². The van der Waals surface area contributed by atoms with Crippen LogP contribution < -0.4 is 4.74 Å². The summed E-state index contributed by atoms with van der Waals surface area (Å²) >= 11 is 0. The molecular formula is C13H14O3. The molecule has 0 radical (unpaired) electrons. The van der Waals surface area contributed by atoms with E-state index < -0.39 is 0 Å². The smallest absolute Gasteiger partial charge is 0.146 e. The molecule has 0 aromatic heterocycles. The van der Waals surface area contributed by atoms with Crippen LogP contribution in [-0.4, -0.2) is 25.1 Å². The third-order valence-electron chi connectivity index (χ3n) is 2.97. The van der Waals surface area contributed by atoms with Gasteiger partial charge in [-0.2, -0.15) is 0 Å². The predicted molar refractivity (Wildman–Crippen MR) is 61.3 cm³/mol. The molecule has 0 saturated carbocycles. The average Bonchev–Trinajstić information content (AvgIpc) is 2.36. The lowest BCUT2D eigenvalue weighted by Crippen LogP contribution is -2.17. The van der Waals surface area contributed by atoms with Crippen LogP contribution in [0.15, 0.2) is 23.8 Å². The van der Waals surface area contributed by atoms with Crippen LogP contribution in [0.2, 0.25) is 0 Å². The van der Waals surface area contributed by atoms with Gasteiger partial charge in [-0.1, -0.05) is 6.07 Å². The molecule has 0 fully saturated rings. The molecule has 0 amide bonds. The lowest BCUT2D eigenvalue weighted by Gasteiger charge is -2.21. The van der Waals surface area contributed by atoms with Crippen molar-refractivity contribution in [1.82, 2.24) is 0 Å². The molecule has 0 saturated heterocycles. The number of ether oxygens (including phenoxy) is 1. The topological polar surface area (TPSA) is 46.5 Å². The zero-order valence-electron chi connectivity index (χ0n) is 9.14. The minimum absolute atomic E-state index is 0.00996. The van der Waals surface area contributed by atoms with Crippen molar-refractivity contribution in [3.05, 3.63) is 34.9 Å². The van der Waals surface area contributed by atoms with Gasteiger partial charge in [-0.3, -0.25) is 4.79 Å². The van der Waals surface area contributed by atoms with Gasteiger partial charge in [0.2, 0.25) is 0 Å². The highest BCUT2D eigenvalue weighted by Gasteiger charge is 2.20. The Morgan fingerprint density at radius 2 is 2.38 bits per heavy atom. The summed E-state index contributed by atoms with van der Waals surface area (Å²) in [5.74, 6) is 0.709. The van der Waals surface area contributed by atoms with Crippen LogP contribution >= 0.6 is 0 Å². The molecular weight excluding hydrogens is 204 g/mol. The number of aliphatic hydroxyl groups is 1. The van der Waals surface area contributed by atoms with E-state index in [4.69, 9.17) is 4.74 Å². The van der Waals surface area contributed by atoms with Crippen molar-refractivity contribution in [2.24, 2.45) is 5.92 Å². The van der Waals surface area contributed by atoms with E-state index in [9.17, 15) is 9.90 Å². The molecule has 1 unspecified atom stereocenters. The summed E-state index contributed by atoms with van der Waals surface area (Å²) in [6.07, 6.45) is 3.36. The molecule has 1 N–H and O–H groups in total. The van der Waals surface area contributed by atoms with Crippen LogP contribution in [-0.2, 0) is 11.2 Å². The SMILES string of the molecule is COc1ccc2c(c1)C=C(C=O)C(CO)C2. The number of methoxy groups -OCH3 is 1. The third-order valence-corrected chi connectivity index (χ3v) is 2.97. The number of hydrogen-bond donors (Lipinski definition) is 1. The Labute approximate surface area is 94.4 Å². The number of carbonyl (C=O) groups is 1. The van der Waals surface area contributed by atoms with Gasteiger partial charge in [-0.05, 0) is 41.3 Å². The number of carbonyl (C=O) groups excluding carboxylic acids is 1. The second kappa shape index (κ2) is 4.49. The molecule has 1 atom stereocenters. The van der Waals surface area contributed by atoms with Gasteiger partial charge in [0.1, 0.15) is 12.0 Å². The Morgan fingerprint density at radius 3 is 3.00 bits per heavy atom. The van der Waals surface area contributed by atoms with Gasteiger partial charge >= 0.3 is 0 Å². The molecule has 16 heavy (non-hydrogen) atoms. The summed E-state index contributed by atoms with van der Waals surface area (Å²) in [5, 5.41) is 9.19. The van der Waals surface area contributed by atoms with Gasteiger partial charge in [0.25, 0.3) is 0 Å². The van der Waals surface area contributed by atoms with Crippen molar-refractivity contribution in [3.63, 3.8) is 0 Å². The molecule has 1 aromatic carbocycles. The first-order chi connectivity index (χ1) is 7.78. The van der Waals surface area contributed by atoms with E-state index in [0.717, 1.165) is 23.2 Å². The molecule has 84 valence electrons. The van der Waals surface area contributed by atoms with Gasteiger partial charge in [-0.15, -0.1) is 0 Å². The van der Waals surface area contributed by atoms with Crippen LogP contribution in [0.3, 0.4) is 0 Å². The summed E-state index contributed by atoms with van der Waals surface area (Å²) in [4.78, 5) is 10.9. The van der Waals surface area contributed by atoms with Crippen LogP contribution in [0.25, 0.3) is 6.08 Å². The lowest BCUT2D eigenvalue weighted by atomic mass is 9.84. The first kappa shape index (κ1) is 10.9. The highest BCUT2D eigenvalue weighted by atomic mass is 16.5. The van der Waals surface area contributed by atoms with Crippen molar-refractivity contribution < 1.29 is 14.6 Å². The van der Waals surface area contributed by atoms with Crippen molar-refractivity contribution in [3.8, 4) is 5.75 Å². The number of aliphatic hydroxyl groups excluding tert-OH is 1. The van der Waals surface area contributed by atoms with Gasteiger partial charge < -0.3 is 9.84 Å². The number of aldehydes is 1. The van der Waals surface area contributed by atoms with Gasteiger partial charge in [0.15, 0.2) is 0 Å². The molecule has 0 bridgehead atoms. The van der Waals surface area contributed by atoms with E-state index in [1.54, 1.807) is 7.11 Å². The average molecular weight is 218 g/mol. The van der Waals surface area contributed by atoms with E-state index in [0.29, 0.717) is 12.0 Å². The van der Waals surface area contributed by atoms with Crippen LogP contribution in [0.4, 0.5) is 0 Å². The minimum Gasteiger partial charge on any atom is -0.497 e. The maximum Gasteiger partial charge on any atom is 0.146 e. The number of rotatable bonds is 3. The Bertz CT molecular complexity index is 435. The van der Waals surface area contributed by atoms with Crippen molar-refractivity contribution in [2.45, 2.75) is 6.42 Å². The molecule has 1 aliphatic carbocycles. The number of benzene rings is 1. The largest absolute Gasteiger partial charge is 0.497 e. The second-order valence-electron chi connectivity index (χ2n) is 3.91. The fourth-order valence-corrected chi connectivity index (χ4v) is 2.00. The maximum atomic E-state index is 10.9. The Kier molecular flexibility index (Phi) is 3.06. The van der Waals surface area contributed by atoms with E-state index in [2.05, 4.69) is 0 Å². The van der Waals surface area contributed by atoms with Crippen molar-refractivity contribution >= 4 is 12.4 Å². The molecule has 1 aromatic rings. The highest BCUT2D eigenvalue weighted by Crippen LogP contribution is 2.29. The van der Waals surface area contributed by atoms with E-state index in [1.807, 2.05) is 24.3 Å². The molecule has 2 rings (SSSR count). The third kappa shape index (κ3) is 1.86.